The predicted octanol–water partition coefficient (Wildman–Crippen LogP) is 3.12. The molecule has 84 valence electrons. The first kappa shape index (κ1) is 12.2. The van der Waals surface area contributed by atoms with E-state index in [4.69, 9.17) is 21.1 Å². The molecular weight excluding hydrogens is 212 g/mol. The Kier molecular flexibility index (Phi) is 4.76. The van der Waals surface area contributed by atoms with Crippen LogP contribution in [0.4, 0.5) is 0 Å². The first-order valence-corrected chi connectivity index (χ1v) is 5.51. The van der Waals surface area contributed by atoms with Gasteiger partial charge >= 0.3 is 0 Å². The van der Waals surface area contributed by atoms with Gasteiger partial charge in [0, 0.05) is 11.9 Å². The second-order valence-corrected chi connectivity index (χ2v) is 3.95. The fourth-order valence-electron chi connectivity index (χ4n) is 1.45. The molecule has 1 unspecified atom stereocenters. The van der Waals surface area contributed by atoms with Gasteiger partial charge in [-0.15, -0.1) is 11.6 Å². The van der Waals surface area contributed by atoms with E-state index >= 15 is 0 Å². The highest BCUT2D eigenvalue weighted by Gasteiger charge is 2.08. The van der Waals surface area contributed by atoms with Gasteiger partial charge in [0.1, 0.15) is 11.5 Å². The Labute approximate surface area is 96.2 Å². The average molecular weight is 229 g/mol. The number of benzene rings is 1. The van der Waals surface area contributed by atoms with Crippen molar-refractivity contribution in [3.63, 3.8) is 0 Å². The van der Waals surface area contributed by atoms with E-state index in [-0.39, 0.29) is 0 Å². The van der Waals surface area contributed by atoms with Crippen molar-refractivity contribution in [3.05, 3.63) is 23.8 Å². The van der Waals surface area contributed by atoms with Crippen LogP contribution >= 0.6 is 11.6 Å². The third-order valence-corrected chi connectivity index (χ3v) is 2.85. The van der Waals surface area contributed by atoms with Crippen molar-refractivity contribution >= 4 is 11.6 Å². The SMILES string of the molecule is COc1ccc(CC(C)CCl)c(OC)c1. The third kappa shape index (κ3) is 3.31. The maximum atomic E-state index is 5.79. The molecule has 0 fully saturated rings. The Morgan fingerprint density at radius 1 is 1.27 bits per heavy atom. The van der Waals surface area contributed by atoms with Crippen LogP contribution in [-0.4, -0.2) is 20.1 Å². The zero-order chi connectivity index (χ0) is 11.3. The van der Waals surface area contributed by atoms with Crippen molar-refractivity contribution in [2.45, 2.75) is 13.3 Å². The summed E-state index contributed by atoms with van der Waals surface area (Å²) >= 11 is 5.79. The van der Waals surface area contributed by atoms with Gasteiger partial charge in [-0.3, -0.25) is 0 Å². The fraction of sp³-hybridized carbons (Fsp3) is 0.500. The molecule has 0 amide bonds. The van der Waals surface area contributed by atoms with E-state index in [1.165, 1.54) is 5.56 Å². The summed E-state index contributed by atoms with van der Waals surface area (Å²) < 4.78 is 10.4. The molecule has 0 saturated heterocycles. The van der Waals surface area contributed by atoms with Crippen LogP contribution in [0.2, 0.25) is 0 Å². The Morgan fingerprint density at radius 3 is 2.53 bits per heavy atom. The molecule has 15 heavy (non-hydrogen) atoms. The maximum Gasteiger partial charge on any atom is 0.125 e. The summed E-state index contributed by atoms with van der Waals surface area (Å²) in [6, 6.07) is 5.87. The molecule has 0 spiro atoms. The molecule has 0 saturated carbocycles. The number of halogens is 1. The highest BCUT2D eigenvalue weighted by molar-refractivity contribution is 6.18. The molecule has 1 aromatic carbocycles. The largest absolute Gasteiger partial charge is 0.497 e. The lowest BCUT2D eigenvalue weighted by atomic mass is 10.0. The molecule has 0 aromatic heterocycles. The monoisotopic (exact) mass is 228 g/mol. The number of alkyl halides is 1. The fourth-order valence-corrected chi connectivity index (χ4v) is 1.56. The number of ether oxygens (including phenoxy) is 2. The lowest BCUT2D eigenvalue weighted by Crippen LogP contribution is -2.03. The van der Waals surface area contributed by atoms with Crippen LogP contribution in [0.15, 0.2) is 18.2 Å². The summed E-state index contributed by atoms with van der Waals surface area (Å²) in [6.45, 7) is 2.12. The second kappa shape index (κ2) is 5.86. The summed E-state index contributed by atoms with van der Waals surface area (Å²) in [7, 11) is 3.32. The molecule has 0 radical (unpaired) electrons. The molecule has 0 N–H and O–H groups in total. The van der Waals surface area contributed by atoms with E-state index < -0.39 is 0 Å². The van der Waals surface area contributed by atoms with Crippen LogP contribution in [0.3, 0.4) is 0 Å². The standard InChI is InChI=1S/C12H17ClO2/c1-9(8-13)6-10-4-5-11(14-2)7-12(10)15-3/h4-5,7,9H,6,8H2,1-3H3. The summed E-state index contributed by atoms with van der Waals surface area (Å²) in [5, 5.41) is 0. The van der Waals surface area contributed by atoms with Gasteiger partial charge in [-0.1, -0.05) is 13.0 Å². The number of hydrogen-bond acceptors (Lipinski definition) is 2. The predicted molar refractivity (Wildman–Crippen MR) is 63.1 cm³/mol. The Balaban J connectivity index is 2.87. The zero-order valence-corrected chi connectivity index (χ0v) is 10.2. The molecule has 0 bridgehead atoms. The Hall–Kier alpha value is -0.890. The molecule has 0 heterocycles. The van der Waals surface area contributed by atoms with Gasteiger partial charge in [-0.05, 0) is 24.0 Å². The molecule has 3 heteroatoms. The molecule has 1 aromatic rings. The quantitative estimate of drug-likeness (QED) is 0.721. The number of hydrogen-bond donors (Lipinski definition) is 0. The molecule has 0 aliphatic rings. The first-order valence-electron chi connectivity index (χ1n) is 4.98. The number of rotatable bonds is 5. The lowest BCUT2D eigenvalue weighted by molar-refractivity contribution is 0.389. The Morgan fingerprint density at radius 2 is 2.00 bits per heavy atom. The van der Waals surface area contributed by atoms with Crippen molar-refractivity contribution in [1.29, 1.82) is 0 Å². The van der Waals surface area contributed by atoms with Crippen LogP contribution in [0, 0.1) is 5.92 Å². The normalized spacial score (nSPS) is 12.3. The van der Waals surface area contributed by atoms with Crippen molar-refractivity contribution in [2.24, 2.45) is 5.92 Å². The van der Waals surface area contributed by atoms with Gasteiger partial charge in [0.15, 0.2) is 0 Å². The van der Waals surface area contributed by atoms with Crippen molar-refractivity contribution < 1.29 is 9.47 Å². The van der Waals surface area contributed by atoms with Crippen LogP contribution in [0.25, 0.3) is 0 Å². The van der Waals surface area contributed by atoms with Crippen molar-refractivity contribution in [3.8, 4) is 11.5 Å². The molecule has 1 atom stereocenters. The smallest absolute Gasteiger partial charge is 0.125 e. The minimum Gasteiger partial charge on any atom is -0.497 e. The first-order chi connectivity index (χ1) is 7.21. The summed E-state index contributed by atoms with van der Waals surface area (Å²) in [4.78, 5) is 0. The maximum absolute atomic E-state index is 5.79. The Bertz CT molecular complexity index is 312. The molecular formula is C12H17ClO2. The second-order valence-electron chi connectivity index (χ2n) is 3.64. The third-order valence-electron chi connectivity index (χ3n) is 2.33. The summed E-state index contributed by atoms with van der Waals surface area (Å²) in [5.41, 5.74) is 1.17. The zero-order valence-electron chi connectivity index (χ0n) is 9.42. The molecule has 0 aliphatic heterocycles. The van der Waals surface area contributed by atoms with Crippen LogP contribution in [0.1, 0.15) is 12.5 Å². The van der Waals surface area contributed by atoms with Gasteiger partial charge in [-0.2, -0.15) is 0 Å². The lowest BCUT2D eigenvalue weighted by Gasteiger charge is -2.12. The van der Waals surface area contributed by atoms with E-state index in [2.05, 4.69) is 6.92 Å². The van der Waals surface area contributed by atoms with E-state index in [1.807, 2.05) is 18.2 Å². The number of methoxy groups -OCH3 is 2. The molecule has 1 rings (SSSR count). The van der Waals surface area contributed by atoms with Gasteiger partial charge in [0.25, 0.3) is 0 Å². The topological polar surface area (TPSA) is 18.5 Å². The van der Waals surface area contributed by atoms with E-state index in [0.717, 1.165) is 17.9 Å². The van der Waals surface area contributed by atoms with Crippen LogP contribution < -0.4 is 9.47 Å². The average Bonchev–Trinajstić information content (AvgIpc) is 2.29. The van der Waals surface area contributed by atoms with E-state index in [1.54, 1.807) is 14.2 Å². The summed E-state index contributed by atoms with van der Waals surface area (Å²) in [6.07, 6.45) is 0.927. The molecule has 2 nitrogen and oxygen atoms in total. The minimum absolute atomic E-state index is 0.453. The van der Waals surface area contributed by atoms with Crippen LogP contribution in [0.5, 0.6) is 11.5 Å². The van der Waals surface area contributed by atoms with Crippen LogP contribution in [-0.2, 0) is 6.42 Å². The van der Waals surface area contributed by atoms with E-state index in [0.29, 0.717) is 11.8 Å². The summed E-state index contributed by atoms with van der Waals surface area (Å²) in [5.74, 6) is 2.80. The van der Waals surface area contributed by atoms with Gasteiger partial charge in [0.2, 0.25) is 0 Å². The van der Waals surface area contributed by atoms with E-state index in [9.17, 15) is 0 Å². The highest BCUT2D eigenvalue weighted by atomic mass is 35.5. The van der Waals surface area contributed by atoms with Gasteiger partial charge in [0.05, 0.1) is 14.2 Å². The molecule has 0 aliphatic carbocycles. The van der Waals surface area contributed by atoms with Crippen molar-refractivity contribution in [1.82, 2.24) is 0 Å². The van der Waals surface area contributed by atoms with Crippen molar-refractivity contribution in [2.75, 3.05) is 20.1 Å². The van der Waals surface area contributed by atoms with Gasteiger partial charge < -0.3 is 9.47 Å². The highest BCUT2D eigenvalue weighted by Crippen LogP contribution is 2.26. The van der Waals surface area contributed by atoms with Gasteiger partial charge in [-0.25, -0.2) is 0 Å². The minimum atomic E-state index is 0.453.